The highest BCUT2D eigenvalue weighted by atomic mass is 19.4. The summed E-state index contributed by atoms with van der Waals surface area (Å²) >= 11 is 0. The zero-order valence-corrected chi connectivity index (χ0v) is 16.8. The number of alkyl halides is 3. The molecule has 3 aromatic rings. The van der Waals surface area contributed by atoms with Crippen LogP contribution in [-0.4, -0.2) is 30.8 Å². The Bertz CT molecular complexity index is 1010. The van der Waals surface area contributed by atoms with Crippen molar-refractivity contribution in [3.8, 4) is 22.6 Å². The van der Waals surface area contributed by atoms with E-state index in [1.807, 2.05) is 36.4 Å². The lowest BCUT2D eigenvalue weighted by molar-refractivity contribution is -0.153. The Morgan fingerprint density at radius 2 is 1.77 bits per heavy atom. The van der Waals surface area contributed by atoms with Crippen LogP contribution in [0.2, 0.25) is 0 Å². The predicted octanol–water partition coefficient (Wildman–Crippen LogP) is 5.27. The highest BCUT2D eigenvalue weighted by Crippen LogP contribution is 2.30. The third kappa shape index (κ3) is 6.74. The molecule has 8 heteroatoms. The number of nitrogens with zero attached hydrogens (tertiary/aromatic N) is 1. The van der Waals surface area contributed by atoms with E-state index < -0.39 is 12.8 Å². The summed E-state index contributed by atoms with van der Waals surface area (Å²) in [7, 11) is 1.34. The van der Waals surface area contributed by atoms with Crippen molar-refractivity contribution in [1.82, 2.24) is 4.98 Å². The molecule has 0 saturated carbocycles. The van der Waals surface area contributed by atoms with Gasteiger partial charge in [-0.1, -0.05) is 36.4 Å². The Morgan fingerprint density at radius 3 is 2.42 bits per heavy atom. The van der Waals surface area contributed by atoms with Gasteiger partial charge in [-0.25, -0.2) is 4.98 Å². The quantitative estimate of drug-likeness (QED) is 0.529. The van der Waals surface area contributed by atoms with E-state index in [2.05, 4.69) is 10.3 Å². The first-order chi connectivity index (χ1) is 14.8. The average Bonchev–Trinajstić information content (AvgIpc) is 2.77. The van der Waals surface area contributed by atoms with Crippen molar-refractivity contribution in [3.63, 3.8) is 0 Å². The number of anilines is 1. The van der Waals surface area contributed by atoms with Crippen molar-refractivity contribution in [3.05, 3.63) is 72.4 Å². The van der Waals surface area contributed by atoms with Crippen molar-refractivity contribution in [2.75, 3.05) is 19.0 Å². The van der Waals surface area contributed by atoms with Crippen LogP contribution in [0.4, 0.5) is 19.0 Å². The van der Waals surface area contributed by atoms with E-state index in [0.717, 1.165) is 16.7 Å². The van der Waals surface area contributed by atoms with Crippen molar-refractivity contribution >= 4 is 11.7 Å². The van der Waals surface area contributed by atoms with Gasteiger partial charge >= 0.3 is 6.18 Å². The minimum absolute atomic E-state index is 0.00395. The number of carbonyl (C=O) groups excluding carboxylic acids is 1. The third-order valence-electron chi connectivity index (χ3n) is 4.40. The Kier molecular flexibility index (Phi) is 7.12. The number of benzene rings is 2. The highest BCUT2D eigenvalue weighted by Gasteiger charge is 2.29. The Morgan fingerprint density at radius 1 is 1.00 bits per heavy atom. The number of methoxy groups -OCH3 is 1. The summed E-state index contributed by atoms with van der Waals surface area (Å²) in [6, 6.07) is 17.9. The molecule has 0 bridgehead atoms. The van der Waals surface area contributed by atoms with Crippen LogP contribution < -0.4 is 14.8 Å². The third-order valence-corrected chi connectivity index (χ3v) is 4.40. The lowest BCUT2D eigenvalue weighted by Gasteiger charge is -2.13. The number of amides is 1. The van der Waals surface area contributed by atoms with Crippen molar-refractivity contribution in [1.29, 1.82) is 0 Å². The van der Waals surface area contributed by atoms with Gasteiger partial charge in [-0.2, -0.15) is 13.2 Å². The van der Waals surface area contributed by atoms with Crippen molar-refractivity contribution in [2.45, 2.75) is 19.0 Å². The molecular weight excluding hydrogens is 409 g/mol. The molecule has 0 radical (unpaired) electrons. The summed E-state index contributed by atoms with van der Waals surface area (Å²) in [6.45, 7) is -1.40. The molecule has 0 aliphatic rings. The molecule has 0 unspecified atom stereocenters. The van der Waals surface area contributed by atoms with Crippen LogP contribution in [0.3, 0.4) is 0 Å². The van der Waals surface area contributed by atoms with Crippen LogP contribution in [0.25, 0.3) is 11.1 Å². The van der Waals surface area contributed by atoms with E-state index >= 15 is 0 Å². The molecule has 0 saturated heterocycles. The number of aryl methyl sites for hydroxylation is 1. The fourth-order valence-electron chi connectivity index (χ4n) is 2.88. The second-order valence-corrected chi connectivity index (χ2v) is 6.74. The molecule has 2 aromatic carbocycles. The van der Waals surface area contributed by atoms with E-state index in [4.69, 9.17) is 9.47 Å². The number of ether oxygens (including phenoxy) is 2. The minimum Gasteiger partial charge on any atom is -0.493 e. The van der Waals surface area contributed by atoms with Gasteiger partial charge in [-0.3, -0.25) is 4.79 Å². The molecule has 0 aliphatic heterocycles. The average molecular weight is 430 g/mol. The van der Waals surface area contributed by atoms with Gasteiger partial charge in [0.2, 0.25) is 5.91 Å². The van der Waals surface area contributed by atoms with Gasteiger partial charge in [0, 0.05) is 18.2 Å². The Hall–Kier alpha value is -3.55. The van der Waals surface area contributed by atoms with Crippen molar-refractivity contribution in [2.24, 2.45) is 0 Å². The molecule has 1 heterocycles. The molecule has 1 aromatic heterocycles. The zero-order chi connectivity index (χ0) is 22.3. The zero-order valence-electron chi connectivity index (χ0n) is 16.8. The lowest BCUT2D eigenvalue weighted by Crippen LogP contribution is -2.19. The molecule has 0 atom stereocenters. The van der Waals surface area contributed by atoms with E-state index in [1.54, 1.807) is 24.4 Å². The molecule has 5 nitrogen and oxygen atoms in total. The SMILES string of the molecule is COc1cc(CCC(=O)Nc2ccc(-c3ccccc3)cn2)ccc1OCC(F)(F)F. The van der Waals surface area contributed by atoms with E-state index in [0.29, 0.717) is 12.2 Å². The molecular formula is C23H21F3N2O3. The summed E-state index contributed by atoms with van der Waals surface area (Å²) in [6.07, 6.45) is -2.19. The van der Waals surface area contributed by atoms with Gasteiger partial charge in [-0.15, -0.1) is 0 Å². The van der Waals surface area contributed by atoms with Crippen molar-refractivity contribution < 1.29 is 27.4 Å². The second-order valence-electron chi connectivity index (χ2n) is 6.74. The number of pyridine rings is 1. The smallest absolute Gasteiger partial charge is 0.422 e. The van der Waals surface area contributed by atoms with Gasteiger partial charge in [0.25, 0.3) is 0 Å². The highest BCUT2D eigenvalue weighted by molar-refractivity contribution is 5.90. The summed E-state index contributed by atoms with van der Waals surface area (Å²) in [5.41, 5.74) is 2.71. The van der Waals surface area contributed by atoms with E-state index in [9.17, 15) is 18.0 Å². The first-order valence-corrected chi connectivity index (χ1v) is 9.52. The van der Waals surface area contributed by atoms with Crippen LogP contribution in [0.1, 0.15) is 12.0 Å². The Balaban J connectivity index is 1.54. The van der Waals surface area contributed by atoms with Gasteiger partial charge in [0.05, 0.1) is 7.11 Å². The summed E-state index contributed by atoms with van der Waals surface area (Å²) in [5, 5.41) is 2.74. The molecule has 1 N–H and O–H groups in total. The number of hydrogen-bond acceptors (Lipinski definition) is 4. The fourth-order valence-corrected chi connectivity index (χ4v) is 2.88. The summed E-state index contributed by atoms with van der Waals surface area (Å²) < 4.78 is 46.9. The fraction of sp³-hybridized carbons (Fsp3) is 0.217. The lowest BCUT2D eigenvalue weighted by atomic mass is 10.1. The second kappa shape index (κ2) is 9.97. The number of aromatic nitrogens is 1. The topological polar surface area (TPSA) is 60.5 Å². The molecule has 0 fully saturated rings. The normalized spacial score (nSPS) is 11.1. The van der Waals surface area contributed by atoms with Gasteiger partial charge < -0.3 is 14.8 Å². The molecule has 162 valence electrons. The van der Waals surface area contributed by atoms with Gasteiger partial charge in [0.1, 0.15) is 5.82 Å². The maximum atomic E-state index is 12.3. The number of hydrogen-bond donors (Lipinski definition) is 1. The largest absolute Gasteiger partial charge is 0.493 e. The van der Waals surface area contributed by atoms with Gasteiger partial charge in [0.15, 0.2) is 18.1 Å². The summed E-state index contributed by atoms with van der Waals surface area (Å²) in [5.74, 6) is 0.394. The Labute approximate surface area is 177 Å². The van der Waals surface area contributed by atoms with Crippen LogP contribution in [0, 0.1) is 0 Å². The number of nitrogens with one attached hydrogen (secondary N) is 1. The first kappa shape index (κ1) is 22.1. The number of rotatable bonds is 8. The van der Waals surface area contributed by atoms with Crippen LogP contribution >= 0.6 is 0 Å². The number of halogens is 3. The maximum Gasteiger partial charge on any atom is 0.422 e. The standard InChI is InChI=1S/C23H21F3N2O3/c1-30-20-13-16(7-10-19(20)31-15-23(24,25)26)8-12-22(29)28-21-11-9-18(14-27-21)17-5-3-2-4-6-17/h2-7,9-11,13-14H,8,12,15H2,1H3,(H,27,28,29). The molecule has 31 heavy (non-hydrogen) atoms. The summed E-state index contributed by atoms with van der Waals surface area (Å²) in [4.78, 5) is 16.5. The first-order valence-electron chi connectivity index (χ1n) is 9.52. The van der Waals surface area contributed by atoms with E-state index in [1.165, 1.54) is 13.2 Å². The molecule has 0 aliphatic carbocycles. The van der Waals surface area contributed by atoms with Crippen LogP contribution in [0.5, 0.6) is 11.5 Å². The molecule has 0 spiro atoms. The minimum atomic E-state index is -4.44. The monoisotopic (exact) mass is 430 g/mol. The number of carbonyl (C=O) groups is 1. The molecule has 3 rings (SSSR count). The predicted molar refractivity (Wildman–Crippen MR) is 111 cm³/mol. The molecule has 1 amide bonds. The van der Waals surface area contributed by atoms with E-state index in [-0.39, 0.29) is 23.8 Å². The van der Waals surface area contributed by atoms with Gasteiger partial charge in [-0.05, 0) is 41.8 Å². The van der Waals surface area contributed by atoms with Crippen LogP contribution in [0.15, 0.2) is 66.9 Å². The maximum absolute atomic E-state index is 12.3. The van der Waals surface area contributed by atoms with Crippen LogP contribution in [-0.2, 0) is 11.2 Å².